The quantitative estimate of drug-likeness (QED) is 0.768. The van der Waals surface area contributed by atoms with Crippen molar-refractivity contribution in [1.82, 2.24) is 0 Å². The van der Waals surface area contributed by atoms with E-state index in [1.807, 2.05) is 31.2 Å². The van der Waals surface area contributed by atoms with Gasteiger partial charge >= 0.3 is 0 Å². The van der Waals surface area contributed by atoms with E-state index in [0.29, 0.717) is 0 Å². The molecule has 26 heavy (non-hydrogen) atoms. The van der Waals surface area contributed by atoms with Crippen molar-refractivity contribution in [3.63, 3.8) is 0 Å². The number of hydrogen-bond donors (Lipinski definition) is 0. The van der Waals surface area contributed by atoms with E-state index in [9.17, 15) is 13.2 Å². The Morgan fingerprint density at radius 3 is 2.58 bits per heavy atom. The van der Waals surface area contributed by atoms with E-state index in [0.717, 1.165) is 28.2 Å². The van der Waals surface area contributed by atoms with Crippen LogP contribution in [0.15, 0.2) is 42.5 Å². The van der Waals surface area contributed by atoms with Crippen LogP contribution in [0.1, 0.15) is 12.5 Å². The van der Waals surface area contributed by atoms with Gasteiger partial charge < -0.3 is 4.90 Å². The summed E-state index contributed by atoms with van der Waals surface area (Å²) in [7, 11) is -3.73. The Hall–Kier alpha value is -1.76. The molecule has 1 amide bonds. The molecule has 3 rings (SSSR count). The van der Waals surface area contributed by atoms with Crippen LogP contribution in [0, 0.1) is 0 Å². The molecule has 8 heteroatoms. The van der Waals surface area contributed by atoms with E-state index in [4.69, 9.17) is 23.2 Å². The predicted octanol–water partition coefficient (Wildman–Crippen LogP) is 3.74. The summed E-state index contributed by atoms with van der Waals surface area (Å²) in [5, 5.41) is 0.326. The number of carbonyl (C=O) groups is 1. The summed E-state index contributed by atoms with van der Waals surface area (Å²) in [6, 6.07) is 12.3. The molecule has 1 aliphatic rings. The van der Waals surface area contributed by atoms with Crippen molar-refractivity contribution in [3.8, 4) is 0 Å². The number of nitrogens with zero attached hydrogens (tertiary/aromatic N) is 2. The number of rotatable bonds is 4. The molecule has 1 aliphatic heterocycles. The number of amides is 1. The highest BCUT2D eigenvalue weighted by molar-refractivity contribution is 7.92. The molecular formula is C18H18Cl2N2O3S. The highest BCUT2D eigenvalue weighted by Crippen LogP contribution is 2.35. The lowest BCUT2D eigenvalue weighted by Gasteiger charge is -2.28. The largest absolute Gasteiger partial charge is 0.307 e. The Balaban J connectivity index is 1.96. The summed E-state index contributed by atoms with van der Waals surface area (Å²) in [5.74, 6) is -0.316. The number of carbonyl (C=O) groups excluding carboxylic acids is 1. The molecule has 0 aliphatic carbocycles. The second kappa shape index (κ2) is 7.10. The molecule has 1 atom stereocenters. The Kier molecular flexibility index (Phi) is 5.19. The molecule has 0 spiro atoms. The first kappa shape index (κ1) is 19.0. The van der Waals surface area contributed by atoms with Crippen LogP contribution in [-0.2, 0) is 21.2 Å². The summed E-state index contributed by atoms with van der Waals surface area (Å²) in [5.41, 5.74) is 2.07. The first-order chi connectivity index (χ1) is 12.2. The van der Waals surface area contributed by atoms with E-state index >= 15 is 0 Å². The second-order valence-electron chi connectivity index (χ2n) is 6.29. The van der Waals surface area contributed by atoms with Gasteiger partial charge in [0.15, 0.2) is 0 Å². The van der Waals surface area contributed by atoms with Crippen LogP contribution in [0.4, 0.5) is 11.4 Å². The van der Waals surface area contributed by atoms with Crippen molar-refractivity contribution >= 4 is 50.5 Å². The maximum atomic E-state index is 13.0. The van der Waals surface area contributed by atoms with Crippen molar-refractivity contribution in [2.24, 2.45) is 0 Å². The number of benzene rings is 2. The van der Waals surface area contributed by atoms with Crippen LogP contribution in [0.2, 0.25) is 10.0 Å². The van der Waals surface area contributed by atoms with Crippen LogP contribution >= 0.6 is 23.2 Å². The van der Waals surface area contributed by atoms with Gasteiger partial charge in [-0.2, -0.15) is 0 Å². The van der Waals surface area contributed by atoms with Crippen LogP contribution in [0.25, 0.3) is 0 Å². The summed E-state index contributed by atoms with van der Waals surface area (Å²) in [6.07, 6.45) is 1.78. The van der Waals surface area contributed by atoms with E-state index in [1.165, 1.54) is 6.07 Å². The Labute approximate surface area is 163 Å². The summed E-state index contributed by atoms with van der Waals surface area (Å²) in [4.78, 5) is 14.6. The molecule has 0 aromatic heterocycles. The van der Waals surface area contributed by atoms with Crippen molar-refractivity contribution in [3.05, 3.63) is 58.1 Å². The highest BCUT2D eigenvalue weighted by Gasteiger charge is 2.33. The van der Waals surface area contributed by atoms with Crippen LogP contribution < -0.4 is 9.21 Å². The van der Waals surface area contributed by atoms with E-state index < -0.39 is 10.0 Å². The van der Waals surface area contributed by atoms with E-state index in [-0.39, 0.29) is 34.2 Å². The molecule has 0 saturated carbocycles. The molecule has 2 aromatic rings. The number of fused-ring (bicyclic) bond motifs is 1. The van der Waals surface area contributed by atoms with Crippen LogP contribution in [-0.4, -0.2) is 33.2 Å². The number of para-hydroxylation sites is 1. The lowest BCUT2D eigenvalue weighted by molar-refractivity contribution is -0.117. The zero-order valence-corrected chi connectivity index (χ0v) is 16.6. The van der Waals surface area contributed by atoms with Gasteiger partial charge in [-0.3, -0.25) is 9.10 Å². The van der Waals surface area contributed by atoms with Gasteiger partial charge in [-0.25, -0.2) is 8.42 Å². The van der Waals surface area contributed by atoms with Gasteiger partial charge in [0.1, 0.15) is 6.54 Å². The van der Waals surface area contributed by atoms with Crippen LogP contribution in [0.5, 0.6) is 0 Å². The molecule has 0 saturated heterocycles. The number of halogens is 2. The Bertz CT molecular complexity index is 963. The monoisotopic (exact) mass is 412 g/mol. The molecule has 2 aromatic carbocycles. The Morgan fingerprint density at radius 2 is 1.88 bits per heavy atom. The first-order valence-corrected chi connectivity index (χ1v) is 10.6. The maximum Gasteiger partial charge on any atom is 0.248 e. The molecule has 0 fully saturated rings. The van der Waals surface area contributed by atoms with Gasteiger partial charge in [0.25, 0.3) is 0 Å². The van der Waals surface area contributed by atoms with Crippen LogP contribution in [0.3, 0.4) is 0 Å². The minimum atomic E-state index is -3.73. The van der Waals surface area contributed by atoms with Crippen molar-refractivity contribution in [1.29, 1.82) is 0 Å². The summed E-state index contributed by atoms with van der Waals surface area (Å²) in [6.45, 7) is 1.59. The van der Waals surface area contributed by atoms with Gasteiger partial charge in [0, 0.05) is 11.7 Å². The molecular weight excluding hydrogens is 395 g/mol. The smallest absolute Gasteiger partial charge is 0.248 e. The average Bonchev–Trinajstić information content (AvgIpc) is 2.90. The topological polar surface area (TPSA) is 57.7 Å². The van der Waals surface area contributed by atoms with Gasteiger partial charge in [-0.1, -0.05) is 47.5 Å². The lowest BCUT2D eigenvalue weighted by atomic mass is 10.1. The average molecular weight is 413 g/mol. The van der Waals surface area contributed by atoms with Crippen molar-refractivity contribution in [2.45, 2.75) is 19.4 Å². The highest BCUT2D eigenvalue weighted by atomic mass is 35.5. The molecule has 5 nitrogen and oxygen atoms in total. The molecule has 1 heterocycles. The van der Waals surface area contributed by atoms with Crippen molar-refractivity contribution in [2.75, 3.05) is 22.0 Å². The van der Waals surface area contributed by atoms with E-state index in [2.05, 4.69) is 0 Å². The summed E-state index contributed by atoms with van der Waals surface area (Å²) >= 11 is 12.2. The molecule has 0 N–H and O–H groups in total. The zero-order valence-electron chi connectivity index (χ0n) is 14.3. The third-order valence-corrected chi connectivity index (χ3v) is 6.29. The maximum absolute atomic E-state index is 13.0. The molecule has 0 bridgehead atoms. The zero-order chi connectivity index (χ0) is 19.1. The standard InChI is InChI=1S/C18H18Cl2N2O3S/c1-12-10-13-6-3-4-8-15(13)22(12)17(23)11-21(26(2,24)25)16-9-5-7-14(19)18(16)20/h3-9,12H,10-11H2,1-2H3/t12-/m0/s1. The molecule has 0 radical (unpaired) electrons. The first-order valence-electron chi connectivity index (χ1n) is 8.02. The fourth-order valence-electron chi connectivity index (χ4n) is 3.21. The minimum Gasteiger partial charge on any atom is -0.307 e. The SMILES string of the molecule is C[C@H]1Cc2ccccc2N1C(=O)CN(c1cccc(Cl)c1Cl)S(C)(=O)=O. The normalized spacial score (nSPS) is 16.5. The lowest BCUT2D eigenvalue weighted by Crippen LogP contribution is -2.45. The second-order valence-corrected chi connectivity index (χ2v) is 8.98. The molecule has 0 unspecified atom stereocenters. The third kappa shape index (κ3) is 3.54. The number of sulfonamides is 1. The predicted molar refractivity (Wildman–Crippen MR) is 106 cm³/mol. The fraction of sp³-hybridized carbons (Fsp3) is 0.278. The van der Waals surface area contributed by atoms with Gasteiger partial charge in [-0.15, -0.1) is 0 Å². The van der Waals surface area contributed by atoms with Crippen molar-refractivity contribution < 1.29 is 13.2 Å². The van der Waals surface area contributed by atoms with Gasteiger partial charge in [0.2, 0.25) is 15.9 Å². The number of hydrogen-bond acceptors (Lipinski definition) is 3. The third-order valence-electron chi connectivity index (χ3n) is 4.36. The number of anilines is 2. The van der Waals surface area contributed by atoms with Gasteiger partial charge in [0.05, 0.1) is 22.0 Å². The fourth-order valence-corrected chi connectivity index (χ4v) is 4.51. The summed E-state index contributed by atoms with van der Waals surface area (Å²) < 4.78 is 25.6. The Morgan fingerprint density at radius 1 is 1.19 bits per heavy atom. The minimum absolute atomic E-state index is 0.0452. The van der Waals surface area contributed by atoms with Gasteiger partial charge in [-0.05, 0) is 37.1 Å². The van der Waals surface area contributed by atoms with E-state index in [1.54, 1.807) is 17.0 Å². The molecule has 138 valence electrons.